The molecule has 0 spiro atoms. The molecule has 0 atom stereocenters. The highest BCUT2D eigenvalue weighted by Crippen LogP contribution is 2.38. The van der Waals surface area contributed by atoms with Crippen LogP contribution in [-0.2, 0) is 6.42 Å². The molecule has 1 N–H and O–H groups in total. The average molecular weight is 477 g/mol. The van der Waals surface area contributed by atoms with Crippen LogP contribution in [0.3, 0.4) is 0 Å². The van der Waals surface area contributed by atoms with Crippen molar-refractivity contribution < 1.29 is 13.9 Å². The highest BCUT2D eigenvalue weighted by Gasteiger charge is 2.24. The van der Waals surface area contributed by atoms with E-state index >= 15 is 0 Å². The zero-order valence-electron chi connectivity index (χ0n) is 19.1. The SMILES string of the molecule is COc1cccc(OC)c1-n1c(NSCCc2cn3ccccc3n2)nnc1-c1ccc(C)o1. The number of aromatic nitrogens is 5. The van der Waals surface area contributed by atoms with Gasteiger partial charge in [-0.15, -0.1) is 10.2 Å². The maximum atomic E-state index is 5.85. The van der Waals surface area contributed by atoms with Crippen molar-refractivity contribution in [3.8, 4) is 28.8 Å². The second-order valence-electron chi connectivity index (χ2n) is 7.50. The first-order valence-corrected chi connectivity index (χ1v) is 11.7. The summed E-state index contributed by atoms with van der Waals surface area (Å²) >= 11 is 1.53. The van der Waals surface area contributed by atoms with Gasteiger partial charge in [0.05, 0.1) is 19.9 Å². The van der Waals surface area contributed by atoms with Gasteiger partial charge in [0.15, 0.2) is 5.76 Å². The molecule has 5 rings (SSSR count). The van der Waals surface area contributed by atoms with Gasteiger partial charge in [0.1, 0.15) is 28.6 Å². The summed E-state index contributed by atoms with van der Waals surface area (Å²) in [6, 6.07) is 15.4. The van der Waals surface area contributed by atoms with E-state index < -0.39 is 0 Å². The zero-order chi connectivity index (χ0) is 23.5. The van der Waals surface area contributed by atoms with Crippen molar-refractivity contribution in [1.29, 1.82) is 0 Å². The summed E-state index contributed by atoms with van der Waals surface area (Å²) in [5.74, 6) is 4.50. The summed E-state index contributed by atoms with van der Waals surface area (Å²) in [5, 5.41) is 8.81. The molecule has 0 aliphatic heterocycles. The molecular weight excluding hydrogens is 452 g/mol. The van der Waals surface area contributed by atoms with Crippen LogP contribution in [0.1, 0.15) is 11.5 Å². The predicted molar refractivity (Wildman–Crippen MR) is 132 cm³/mol. The van der Waals surface area contributed by atoms with Crippen LogP contribution >= 0.6 is 11.9 Å². The fourth-order valence-corrected chi connectivity index (χ4v) is 4.38. The Labute approximate surface area is 200 Å². The van der Waals surface area contributed by atoms with Crippen LogP contribution in [0.15, 0.2) is 65.3 Å². The Kier molecular flexibility index (Phi) is 6.13. The second kappa shape index (κ2) is 9.52. The second-order valence-corrected chi connectivity index (χ2v) is 8.40. The van der Waals surface area contributed by atoms with Gasteiger partial charge in [-0.25, -0.2) is 4.98 Å². The number of hydrogen-bond acceptors (Lipinski definition) is 8. The maximum Gasteiger partial charge on any atom is 0.239 e. The molecule has 0 aliphatic rings. The molecule has 0 bridgehead atoms. The average Bonchev–Trinajstić information content (AvgIpc) is 3.58. The minimum atomic E-state index is 0.534. The van der Waals surface area contributed by atoms with E-state index in [4.69, 9.17) is 13.9 Å². The Hall–Kier alpha value is -3.92. The van der Waals surface area contributed by atoms with Crippen molar-refractivity contribution in [3.63, 3.8) is 0 Å². The van der Waals surface area contributed by atoms with Crippen LogP contribution in [0.4, 0.5) is 5.95 Å². The van der Waals surface area contributed by atoms with E-state index in [1.807, 2.05) is 70.6 Å². The summed E-state index contributed by atoms with van der Waals surface area (Å²) in [6.45, 7) is 1.89. The lowest BCUT2D eigenvalue weighted by Gasteiger charge is -2.16. The number of fused-ring (bicyclic) bond motifs is 1. The normalized spacial score (nSPS) is 11.1. The number of furan rings is 1. The Morgan fingerprint density at radius 1 is 1.00 bits per heavy atom. The Balaban J connectivity index is 1.43. The smallest absolute Gasteiger partial charge is 0.239 e. The number of aryl methyl sites for hydroxylation is 2. The fraction of sp³-hybridized carbons (Fsp3) is 0.208. The largest absolute Gasteiger partial charge is 0.494 e. The van der Waals surface area contributed by atoms with Gasteiger partial charge in [-0.2, -0.15) is 0 Å². The van der Waals surface area contributed by atoms with Crippen LogP contribution in [0, 0.1) is 6.92 Å². The molecule has 0 aliphatic carbocycles. The highest BCUT2D eigenvalue weighted by atomic mass is 32.2. The van der Waals surface area contributed by atoms with E-state index in [-0.39, 0.29) is 0 Å². The zero-order valence-corrected chi connectivity index (χ0v) is 19.9. The summed E-state index contributed by atoms with van der Waals surface area (Å²) in [7, 11) is 3.24. The molecule has 0 saturated carbocycles. The van der Waals surface area contributed by atoms with Gasteiger partial charge in [-0.05, 0) is 55.3 Å². The molecule has 174 valence electrons. The third kappa shape index (κ3) is 4.19. The first-order chi connectivity index (χ1) is 16.7. The van der Waals surface area contributed by atoms with E-state index in [9.17, 15) is 0 Å². The Morgan fingerprint density at radius 2 is 1.82 bits per heavy atom. The van der Waals surface area contributed by atoms with E-state index in [1.54, 1.807) is 14.2 Å². The number of pyridine rings is 1. The van der Waals surface area contributed by atoms with Crippen LogP contribution < -0.4 is 14.2 Å². The third-order valence-electron chi connectivity index (χ3n) is 5.29. The Bertz CT molecular complexity index is 1370. The number of rotatable bonds is 9. The quantitative estimate of drug-likeness (QED) is 0.240. The van der Waals surface area contributed by atoms with Crippen LogP contribution in [0.5, 0.6) is 11.5 Å². The summed E-state index contributed by atoms with van der Waals surface area (Å²) in [6.07, 6.45) is 4.85. The molecule has 4 aromatic heterocycles. The van der Waals surface area contributed by atoms with E-state index in [2.05, 4.69) is 26.1 Å². The van der Waals surface area contributed by atoms with Gasteiger partial charge in [-0.1, -0.05) is 12.1 Å². The molecule has 0 amide bonds. The summed E-state index contributed by atoms with van der Waals surface area (Å²) in [4.78, 5) is 4.66. The lowest BCUT2D eigenvalue weighted by Crippen LogP contribution is -2.07. The minimum absolute atomic E-state index is 0.534. The molecule has 0 fully saturated rings. The molecule has 0 unspecified atom stereocenters. The van der Waals surface area contributed by atoms with Crippen LogP contribution in [0.25, 0.3) is 22.9 Å². The van der Waals surface area contributed by atoms with Crippen molar-refractivity contribution in [2.45, 2.75) is 13.3 Å². The molecule has 9 nitrogen and oxygen atoms in total. The number of ether oxygens (including phenoxy) is 2. The van der Waals surface area contributed by atoms with E-state index in [1.165, 1.54) is 11.9 Å². The standard InChI is InChI=1S/C24H24N6O3S/c1-16-10-11-20(33-16)23-26-27-24(30(23)22-18(31-2)7-6-8-19(22)32-3)28-34-14-12-17-15-29-13-5-4-9-21(29)25-17/h4-11,13,15H,12,14H2,1-3H3,(H,27,28). The lowest BCUT2D eigenvalue weighted by molar-refractivity contribution is 0.391. The van der Waals surface area contributed by atoms with Gasteiger partial charge >= 0.3 is 0 Å². The molecule has 10 heteroatoms. The van der Waals surface area contributed by atoms with Gasteiger partial charge in [0.25, 0.3) is 0 Å². The number of methoxy groups -OCH3 is 2. The van der Waals surface area contributed by atoms with Gasteiger partial charge in [0, 0.05) is 24.6 Å². The topological polar surface area (TPSA) is 91.6 Å². The van der Waals surface area contributed by atoms with Crippen LogP contribution in [0.2, 0.25) is 0 Å². The van der Waals surface area contributed by atoms with Crippen molar-refractivity contribution >= 4 is 23.5 Å². The lowest BCUT2D eigenvalue weighted by atomic mass is 10.2. The van der Waals surface area contributed by atoms with Crippen molar-refractivity contribution in [2.75, 3.05) is 24.7 Å². The van der Waals surface area contributed by atoms with E-state index in [0.29, 0.717) is 34.7 Å². The first-order valence-electron chi connectivity index (χ1n) is 10.7. The van der Waals surface area contributed by atoms with Gasteiger partial charge < -0.3 is 18.3 Å². The summed E-state index contributed by atoms with van der Waals surface area (Å²) < 4.78 is 24.4. The van der Waals surface area contributed by atoms with Crippen molar-refractivity contribution in [2.24, 2.45) is 0 Å². The number of imidazole rings is 1. The summed E-state index contributed by atoms with van der Waals surface area (Å²) in [5.41, 5.74) is 2.65. The van der Waals surface area contributed by atoms with Gasteiger partial charge in [-0.3, -0.25) is 9.29 Å². The third-order valence-corrected chi connectivity index (χ3v) is 6.02. The predicted octanol–water partition coefficient (Wildman–Crippen LogP) is 4.80. The van der Waals surface area contributed by atoms with Crippen molar-refractivity contribution in [3.05, 3.63) is 72.4 Å². The number of anilines is 1. The molecule has 1 aromatic carbocycles. The number of para-hydroxylation sites is 1. The molecule has 34 heavy (non-hydrogen) atoms. The van der Waals surface area contributed by atoms with E-state index in [0.717, 1.165) is 29.3 Å². The van der Waals surface area contributed by atoms with Crippen molar-refractivity contribution in [1.82, 2.24) is 24.1 Å². The highest BCUT2D eigenvalue weighted by molar-refractivity contribution is 8.00. The number of nitrogens with zero attached hydrogens (tertiary/aromatic N) is 5. The van der Waals surface area contributed by atoms with Gasteiger partial charge in [0.2, 0.25) is 11.8 Å². The molecule has 0 radical (unpaired) electrons. The molecule has 0 saturated heterocycles. The molecule has 5 aromatic rings. The number of hydrogen-bond donors (Lipinski definition) is 1. The molecular formula is C24H24N6O3S. The monoisotopic (exact) mass is 476 g/mol. The fourth-order valence-electron chi connectivity index (χ4n) is 3.71. The first kappa shape index (κ1) is 21.9. The number of benzene rings is 1. The molecule has 4 heterocycles. The maximum absolute atomic E-state index is 5.85. The number of nitrogens with one attached hydrogen (secondary N) is 1. The Morgan fingerprint density at radius 3 is 2.53 bits per heavy atom. The van der Waals surface area contributed by atoms with Crippen LogP contribution in [-0.4, -0.2) is 44.1 Å². The minimum Gasteiger partial charge on any atom is -0.494 e.